The summed E-state index contributed by atoms with van der Waals surface area (Å²) in [4.78, 5) is 16.1. The number of nitrogens with zero attached hydrogens (tertiary/aromatic N) is 4. The first-order chi connectivity index (χ1) is 18.1. The van der Waals surface area contributed by atoms with E-state index in [4.69, 9.17) is 26.5 Å². The van der Waals surface area contributed by atoms with E-state index in [1.807, 2.05) is 4.90 Å². The summed E-state index contributed by atoms with van der Waals surface area (Å²) in [6.45, 7) is 2.93. The van der Waals surface area contributed by atoms with E-state index >= 15 is 4.39 Å². The van der Waals surface area contributed by atoms with Gasteiger partial charge in [0.15, 0.2) is 9.84 Å². The molecule has 3 aliphatic rings. The van der Waals surface area contributed by atoms with E-state index in [1.165, 1.54) is 11.0 Å². The van der Waals surface area contributed by atoms with Crippen LogP contribution in [0.1, 0.15) is 18.4 Å². The summed E-state index contributed by atoms with van der Waals surface area (Å²) in [6.07, 6.45) is 1.86. The third-order valence-corrected chi connectivity index (χ3v) is 9.51. The fraction of sp³-hybridized carbons (Fsp3) is 0.400. The molecule has 2 N–H and O–H groups in total. The van der Waals surface area contributed by atoms with E-state index in [0.717, 1.165) is 32.1 Å². The van der Waals surface area contributed by atoms with Crippen LogP contribution in [-0.2, 0) is 25.9 Å². The van der Waals surface area contributed by atoms with Crippen LogP contribution >= 0.6 is 11.6 Å². The van der Waals surface area contributed by atoms with Crippen molar-refractivity contribution in [1.82, 2.24) is 10.2 Å². The largest absolute Gasteiger partial charge is 0.403 e. The van der Waals surface area contributed by atoms with E-state index in [0.29, 0.717) is 23.7 Å². The summed E-state index contributed by atoms with van der Waals surface area (Å²) >= 11 is 5.99. The van der Waals surface area contributed by atoms with Crippen LogP contribution in [0.25, 0.3) is 11.5 Å². The minimum atomic E-state index is -4.07. The molecule has 13 heteroatoms. The minimum absolute atomic E-state index is 0.000974. The number of halogens is 2. The lowest BCUT2D eigenvalue weighted by Crippen LogP contribution is -2.51. The third-order valence-electron chi connectivity index (χ3n) is 7.47. The second kappa shape index (κ2) is 9.30. The SMILES string of the molecule is N[C@H]1CS(=O)(=O)c2cc(F)c(-c3nnc(N4CCC5(CC4)COC5)o3)cc2N(Cc2ccc(Cl)cc2)C1=O. The van der Waals surface area contributed by atoms with Crippen molar-refractivity contribution < 1.29 is 26.8 Å². The molecule has 0 bridgehead atoms. The summed E-state index contributed by atoms with van der Waals surface area (Å²) in [7, 11) is -4.07. The second-order valence-corrected chi connectivity index (χ2v) is 12.5. The van der Waals surface area contributed by atoms with E-state index in [-0.39, 0.29) is 40.0 Å². The predicted octanol–water partition coefficient (Wildman–Crippen LogP) is 2.79. The highest BCUT2D eigenvalue weighted by atomic mass is 35.5. The van der Waals surface area contributed by atoms with Gasteiger partial charge in [-0.05, 0) is 42.7 Å². The molecule has 2 aromatic carbocycles. The van der Waals surface area contributed by atoms with Crippen LogP contribution in [0.2, 0.25) is 5.02 Å². The molecule has 1 aromatic heterocycles. The summed E-state index contributed by atoms with van der Waals surface area (Å²) in [5.41, 5.74) is 6.76. The molecule has 0 aliphatic carbocycles. The van der Waals surface area contributed by atoms with Crippen molar-refractivity contribution in [2.75, 3.05) is 41.9 Å². The quantitative estimate of drug-likeness (QED) is 0.510. The van der Waals surface area contributed by atoms with Gasteiger partial charge in [-0.25, -0.2) is 12.8 Å². The predicted molar refractivity (Wildman–Crippen MR) is 137 cm³/mol. The first kappa shape index (κ1) is 25.2. The molecule has 1 spiro atoms. The Balaban J connectivity index is 1.37. The normalized spacial score (nSPS) is 22.2. The van der Waals surface area contributed by atoms with Crippen LogP contribution < -0.4 is 15.5 Å². The Morgan fingerprint density at radius 3 is 2.50 bits per heavy atom. The smallest absolute Gasteiger partial charge is 0.318 e. The maximum atomic E-state index is 15.4. The van der Waals surface area contributed by atoms with Crippen molar-refractivity contribution in [3.63, 3.8) is 0 Å². The highest BCUT2D eigenvalue weighted by molar-refractivity contribution is 7.91. The maximum absolute atomic E-state index is 15.4. The van der Waals surface area contributed by atoms with Gasteiger partial charge in [-0.3, -0.25) is 4.79 Å². The molecular weight excluding hydrogens is 537 g/mol. The van der Waals surface area contributed by atoms with Crippen LogP contribution in [0.3, 0.4) is 0 Å². The van der Waals surface area contributed by atoms with Gasteiger partial charge in [0.2, 0.25) is 5.91 Å². The molecule has 38 heavy (non-hydrogen) atoms. The molecule has 2 fully saturated rings. The Labute approximate surface area is 223 Å². The zero-order valence-corrected chi connectivity index (χ0v) is 21.8. The molecule has 3 aromatic rings. The van der Waals surface area contributed by atoms with Gasteiger partial charge in [-0.1, -0.05) is 28.8 Å². The summed E-state index contributed by atoms with van der Waals surface area (Å²) in [5, 5.41) is 8.66. The minimum Gasteiger partial charge on any atom is -0.403 e. The second-order valence-electron chi connectivity index (χ2n) is 10.1. The van der Waals surface area contributed by atoms with Crippen molar-refractivity contribution in [1.29, 1.82) is 0 Å². The average molecular weight is 562 g/mol. The number of carbonyl (C=O) groups is 1. The Bertz CT molecular complexity index is 1500. The van der Waals surface area contributed by atoms with Gasteiger partial charge >= 0.3 is 6.01 Å². The number of nitrogens with two attached hydrogens (primary N) is 1. The molecule has 3 aliphatic heterocycles. The summed E-state index contributed by atoms with van der Waals surface area (Å²) in [6, 6.07) is 7.85. The first-order valence-electron chi connectivity index (χ1n) is 12.2. The van der Waals surface area contributed by atoms with E-state index in [9.17, 15) is 13.2 Å². The molecule has 0 unspecified atom stereocenters. The molecule has 0 radical (unpaired) electrons. The van der Waals surface area contributed by atoms with E-state index < -0.39 is 33.4 Å². The molecular formula is C25H25ClFN5O5S. The standard InChI is InChI=1S/C25H25ClFN5O5S/c26-16-3-1-15(2-4-16)11-32-20-9-17(18(27)10-21(20)38(34,35)12-19(28)23(32)33)22-29-30-24(37-22)31-7-5-25(6-8-31)13-36-14-25/h1-4,9-10,19H,5-8,11-14,28H2/t19-/m0/s1. The molecule has 0 saturated carbocycles. The summed E-state index contributed by atoms with van der Waals surface area (Å²) < 4.78 is 52.7. The van der Waals surface area contributed by atoms with Crippen LogP contribution in [0.5, 0.6) is 0 Å². The monoisotopic (exact) mass is 561 g/mol. The van der Waals surface area contributed by atoms with Crippen molar-refractivity contribution in [3.05, 3.63) is 52.8 Å². The van der Waals surface area contributed by atoms with E-state index in [1.54, 1.807) is 24.3 Å². The fourth-order valence-corrected chi connectivity index (χ4v) is 6.81. The number of fused-ring (bicyclic) bond motifs is 1. The first-order valence-corrected chi connectivity index (χ1v) is 14.2. The average Bonchev–Trinajstić information content (AvgIpc) is 3.35. The lowest BCUT2D eigenvalue weighted by molar-refractivity contribution is -0.124. The number of ether oxygens (including phenoxy) is 1. The number of hydrogen-bond donors (Lipinski definition) is 1. The number of piperidine rings is 1. The van der Waals surface area contributed by atoms with Crippen molar-refractivity contribution in [2.24, 2.45) is 11.1 Å². The number of sulfone groups is 1. The number of benzene rings is 2. The Hall–Kier alpha value is -3.06. The van der Waals surface area contributed by atoms with Gasteiger partial charge in [0.25, 0.3) is 5.89 Å². The Morgan fingerprint density at radius 1 is 1.13 bits per heavy atom. The lowest BCUT2D eigenvalue weighted by Gasteiger charge is -2.46. The maximum Gasteiger partial charge on any atom is 0.318 e. The lowest BCUT2D eigenvalue weighted by atomic mass is 9.77. The van der Waals surface area contributed by atoms with Gasteiger partial charge in [-0.2, -0.15) is 0 Å². The number of amides is 1. The van der Waals surface area contributed by atoms with Gasteiger partial charge < -0.3 is 24.7 Å². The number of rotatable bonds is 4. The zero-order valence-electron chi connectivity index (χ0n) is 20.3. The van der Waals surface area contributed by atoms with Crippen molar-refractivity contribution >= 4 is 39.0 Å². The zero-order chi connectivity index (χ0) is 26.7. The Kier molecular flexibility index (Phi) is 6.17. The molecule has 1 amide bonds. The number of aromatic nitrogens is 2. The molecule has 200 valence electrons. The Morgan fingerprint density at radius 2 is 1.84 bits per heavy atom. The number of hydrogen-bond acceptors (Lipinski definition) is 9. The van der Waals surface area contributed by atoms with Crippen LogP contribution in [0.4, 0.5) is 16.1 Å². The van der Waals surface area contributed by atoms with E-state index in [2.05, 4.69) is 10.2 Å². The molecule has 2 saturated heterocycles. The van der Waals surface area contributed by atoms with Gasteiger partial charge in [-0.15, -0.1) is 5.10 Å². The molecule has 1 atom stereocenters. The van der Waals surface area contributed by atoms with Crippen molar-refractivity contribution in [2.45, 2.75) is 30.3 Å². The number of carbonyl (C=O) groups excluding carboxylic acids is 1. The summed E-state index contributed by atoms with van der Waals surface area (Å²) in [5.74, 6) is -2.22. The number of anilines is 2. The van der Waals surface area contributed by atoms with Crippen molar-refractivity contribution in [3.8, 4) is 11.5 Å². The topological polar surface area (TPSA) is 132 Å². The van der Waals surface area contributed by atoms with Crippen LogP contribution in [-0.4, -0.2) is 62.6 Å². The van der Waals surface area contributed by atoms with Gasteiger partial charge in [0.05, 0.1) is 47.7 Å². The molecule has 4 heterocycles. The third kappa shape index (κ3) is 4.45. The van der Waals surface area contributed by atoms with Crippen LogP contribution in [0, 0.1) is 11.2 Å². The highest BCUT2D eigenvalue weighted by Gasteiger charge is 2.42. The van der Waals surface area contributed by atoms with Gasteiger partial charge in [0, 0.05) is 23.5 Å². The van der Waals surface area contributed by atoms with Gasteiger partial charge in [0.1, 0.15) is 5.82 Å². The highest BCUT2D eigenvalue weighted by Crippen LogP contribution is 2.40. The molecule has 6 rings (SSSR count). The van der Waals surface area contributed by atoms with Crippen LogP contribution in [0.15, 0.2) is 45.7 Å². The fourth-order valence-electron chi connectivity index (χ4n) is 5.12. The molecule has 10 nitrogen and oxygen atoms in total.